The Balaban J connectivity index is 1.60. The van der Waals surface area contributed by atoms with Gasteiger partial charge in [0.1, 0.15) is 12.4 Å². The van der Waals surface area contributed by atoms with Gasteiger partial charge in [0.05, 0.1) is 16.4 Å². The van der Waals surface area contributed by atoms with E-state index in [0.717, 1.165) is 41.0 Å². The Kier molecular flexibility index (Phi) is 9.16. The summed E-state index contributed by atoms with van der Waals surface area (Å²) in [5.74, 6) is 0.0930. The van der Waals surface area contributed by atoms with Gasteiger partial charge in [-0.1, -0.05) is 41.4 Å². The lowest BCUT2D eigenvalue weighted by atomic mass is 10.1. The van der Waals surface area contributed by atoms with Gasteiger partial charge in [0.25, 0.3) is 16.8 Å². The molecule has 39 heavy (non-hydrogen) atoms. The van der Waals surface area contributed by atoms with E-state index in [2.05, 4.69) is 18.7 Å². The Bertz CT molecular complexity index is 1440. The van der Waals surface area contributed by atoms with Crippen LogP contribution in [-0.4, -0.2) is 34.1 Å². The molecule has 1 fully saturated rings. The second-order valence-electron chi connectivity index (χ2n) is 8.61. The number of carbonyl (C=O) groups is 2. The number of nitro groups is 1. The number of hydrogen-bond acceptors (Lipinski definition) is 7. The quantitative estimate of drug-likeness (QED) is 0.137. The number of benzene rings is 3. The SMILES string of the molecule is CCN(CC)c1ccc(/C=C2\SC(=O)N(Cc3ccc([N+](=O)[O-])cc3)C2=O)c(OCc2ccc(Cl)cc2Cl)c1. The summed E-state index contributed by atoms with van der Waals surface area (Å²) in [6.45, 7) is 5.93. The fraction of sp³-hybridized carbons (Fsp3) is 0.214. The zero-order valence-electron chi connectivity index (χ0n) is 21.2. The summed E-state index contributed by atoms with van der Waals surface area (Å²) >= 11 is 13.2. The number of carbonyl (C=O) groups excluding carboxylic acids is 2. The summed E-state index contributed by atoms with van der Waals surface area (Å²) in [6, 6.07) is 16.6. The molecule has 0 aromatic heterocycles. The van der Waals surface area contributed by atoms with Crippen LogP contribution in [0.25, 0.3) is 6.08 Å². The number of thioether (sulfide) groups is 1. The van der Waals surface area contributed by atoms with Crippen LogP contribution in [0.3, 0.4) is 0 Å². The highest BCUT2D eigenvalue weighted by molar-refractivity contribution is 8.18. The van der Waals surface area contributed by atoms with Crippen molar-refractivity contribution in [2.75, 3.05) is 18.0 Å². The predicted molar refractivity (Wildman–Crippen MR) is 155 cm³/mol. The molecule has 0 unspecified atom stereocenters. The van der Waals surface area contributed by atoms with Crippen molar-refractivity contribution in [2.45, 2.75) is 27.0 Å². The average Bonchev–Trinajstić information content (AvgIpc) is 3.17. The zero-order valence-corrected chi connectivity index (χ0v) is 23.6. The number of amides is 2. The van der Waals surface area contributed by atoms with E-state index in [9.17, 15) is 19.7 Å². The van der Waals surface area contributed by atoms with Gasteiger partial charge in [-0.2, -0.15) is 0 Å². The topological polar surface area (TPSA) is 93.0 Å². The largest absolute Gasteiger partial charge is 0.488 e. The number of nitro benzene ring substituents is 1. The molecule has 3 aromatic rings. The summed E-state index contributed by atoms with van der Waals surface area (Å²) in [6.07, 6.45) is 1.64. The first-order valence-electron chi connectivity index (χ1n) is 12.1. The number of nitrogens with zero attached hydrogens (tertiary/aromatic N) is 3. The molecule has 0 spiro atoms. The third-order valence-corrected chi connectivity index (χ3v) is 7.67. The summed E-state index contributed by atoms with van der Waals surface area (Å²) in [7, 11) is 0. The average molecular weight is 586 g/mol. The van der Waals surface area contributed by atoms with Crippen LogP contribution in [0.4, 0.5) is 16.2 Å². The monoisotopic (exact) mass is 585 g/mol. The first-order valence-corrected chi connectivity index (χ1v) is 13.7. The van der Waals surface area contributed by atoms with Crippen LogP contribution < -0.4 is 9.64 Å². The Labute approximate surface area is 240 Å². The van der Waals surface area contributed by atoms with Crippen molar-refractivity contribution in [1.29, 1.82) is 0 Å². The van der Waals surface area contributed by atoms with Gasteiger partial charge in [-0.15, -0.1) is 0 Å². The lowest BCUT2D eigenvalue weighted by Crippen LogP contribution is -2.27. The van der Waals surface area contributed by atoms with Gasteiger partial charge in [0, 0.05) is 58.1 Å². The molecule has 0 atom stereocenters. The lowest BCUT2D eigenvalue weighted by molar-refractivity contribution is -0.384. The Morgan fingerprint density at radius 1 is 1.03 bits per heavy atom. The fourth-order valence-corrected chi connectivity index (χ4v) is 5.32. The molecule has 0 saturated carbocycles. The summed E-state index contributed by atoms with van der Waals surface area (Å²) in [4.78, 5) is 39.8. The molecule has 1 aliphatic heterocycles. The minimum Gasteiger partial charge on any atom is -0.488 e. The van der Waals surface area contributed by atoms with Gasteiger partial charge in [-0.3, -0.25) is 24.6 Å². The Hall–Kier alpha value is -3.53. The van der Waals surface area contributed by atoms with E-state index in [4.69, 9.17) is 27.9 Å². The first-order chi connectivity index (χ1) is 18.7. The normalized spacial score (nSPS) is 14.3. The van der Waals surface area contributed by atoms with Crippen LogP contribution in [0.2, 0.25) is 10.0 Å². The second-order valence-corrected chi connectivity index (χ2v) is 10.4. The number of rotatable bonds is 10. The molecule has 11 heteroatoms. The first kappa shape index (κ1) is 28.5. The molecular formula is C28H25Cl2N3O5S. The molecule has 0 bridgehead atoms. The molecule has 3 aromatic carbocycles. The highest BCUT2D eigenvalue weighted by Gasteiger charge is 2.35. The minimum atomic E-state index is -0.501. The molecule has 2 amide bonds. The van der Waals surface area contributed by atoms with E-state index >= 15 is 0 Å². The van der Waals surface area contributed by atoms with E-state index in [1.54, 1.807) is 24.3 Å². The Morgan fingerprint density at radius 2 is 1.74 bits per heavy atom. The van der Waals surface area contributed by atoms with Crippen LogP contribution >= 0.6 is 35.0 Å². The van der Waals surface area contributed by atoms with Crippen LogP contribution in [0.15, 0.2) is 65.6 Å². The van der Waals surface area contributed by atoms with Gasteiger partial charge in [0.15, 0.2) is 0 Å². The maximum atomic E-state index is 13.2. The van der Waals surface area contributed by atoms with E-state index in [0.29, 0.717) is 26.9 Å². The maximum Gasteiger partial charge on any atom is 0.293 e. The molecule has 0 aliphatic carbocycles. The molecule has 8 nitrogen and oxygen atoms in total. The van der Waals surface area contributed by atoms with Gasteiger partial charge < -0.3 is 9.64 Å². The number of non-ortho nitro benzene ring substituents is 1. The molecule has 1 heterocycles. The second kappa shape index (κ2) is 12.5. The summed E-state index contributed by atoms with van der Waals surface area (Å²) in [5, 5.41) is 11.5. The van der Waals surface area contributed by atoms with Crippen molar-refractivity contribution in [3.8, 4) is 5.75 Å². The van der Waals surface area contributed by atoms with Crippen LogP contribution in [-0.2, 0) is 17.9 Å². The third kappa shape index (κ3) is 6.73. The van der Waals surface area contributed by atoms with Crippen LogP contribution in [0.1, 0.15) is 30.5 Å². The lowest BCUT2D eigenvalue weighted by Gasteiger charge is -2.22. The molecular weight excluding hydrogens is 561 g/mol. The summed E-state index contributed by atoms with van der Waals surface area (Å²) < 4.78 is 6.18. The van der Waals surface area contributed by atoms with E-state index in [1.165, 1.54) is 24.3 Å². The number of imide groups is 1. The fourth-order valence-electron chi connectivity index (χ4n) is 4.03. The van der Waals surface area contributed by atoms with Crippen molar-refractivity contribution < 1.29 is 19.2 Å². The summed E-state index contributed by atoms with van der Waals surface area (Å²) in [5.41, 5.74) is 2.89. The molecule has 0 radical (unpaired) electrons. The Morgan fingerprint density at radius 3 is 2.38 bits per heavy atom. The van der Waals surface area contributed by atoms with Crippen molar-refractivity contribution in [3.05, 3.63) is 102 Å². The highest BCUT2D eigenvalue weighted by atomic mass is 35.5. The van der Waals surface area contributed by atoms with Crippen molar-refractivity contribution >= 4 is 63.6 Å². The number of halogens is 2. The van der Waals surface area contributed by atoms with Gasteiger partial charge >= 0.3 is 0 Å². The van der Waals surface area contributed by atoms with E-state index in [-0.39, 0.29) is 23.7 Å². The number of ether oxygens (including phenoxy) is 1. The standard InChI is InChI=1S/C28H25Cl2N3O5S/c1-3-31(4-2)23-12-8-19(25(15-23)38-17-20-7-9-21(29)14-24(20)30)13-26-27(34)32(28(35)39-26)16-18-5-10-22(11-6-18)33(36)37/h5-15H,3-4,16-17H2,1-2H3/b26-13-. The molecule has 202 valence electrons. The molecule has 1 aliphatic rings. The maximum absolute atomic E-state index is 13.2. The van der Waals surface area contributed by atoms with E-state index < -0.39 is 16.1 Å². The zero-order chi connectivity index (χ0) is 28.1. The van der Waals surface area contributed by atoms with Crippen LogP contribution in [0, 0.1) is 10.1 Å². The number of anilines is 1. The van der Waals surface area contributed by atoms with Crippen molar-refractivity contribution in [3.63, 3.8) is 0 Å². The molecule has 0 N–H and O–H groups in total. The van der Waals surface area contributed by atoms with Gasteiger partial charge in [-0.05, 0) is 61.5 Å². The van der Waals surface area contributed by atoms with Crippen LogP contribution in [0.5, 0.6) is 5.75 Å². The number of hydrogen-bond donors (Lipinski definition) is 0. The van der Waals surface area contributed by atoms with Gasteiger partial charge in [-0.25, -0.2) is 0 Å². The highest BCUT2D eigenvalue weighted by Crippen LogP contribution is 2.36. The molecule has 1 saturated heterocycles. The van der Waals surface area contributed by atoms with E-state index in [1.807, 2.05) is 18.2 Å². The van der Waals surface area contributed by atoms with Crippen molar-refractivity contribution in [1.82, 2.24) is 4.90 Å². The van der Waals surface area contributed by atoms with Crippen molar-refractivity contribution in [2.24, 2.45) is 0 Å². The minimum absolute atomic E-state index is 0.0132. The van der Waals surface area contributed by atoms with Gasteiger partial charge in [0.2, 0.25) is 0 Å². The molecule has 4 rings (SSSR count). The predicted octanol–water partition coefficient (Wildman–Crippen LogP) is 7.56. The third-order valence-electron chi connectivity index (χ3n) is 6.17. The smallest absolute Gasteiger partial charge is 0.293 e.